The number of rotatable bonds is 7. The van der Waals surface area contributed by atoms with E-state index >= 15 is 0 Å². The molecule has 2 aliphatic heterocycles. The van der Waals surface area contributed by atoms with Gasteiger partial charge in [-0.05, 0) is 73.7 Å². The van der Waals surface area contributed by atoms with E-state index in [9.17, 15) is 14.8 Å². The van der Waals surface area contributed by atoms with Gasteiger partial charge in [0.1, 0.15) is 34.2 Å². The van der Waals surface area contributed by atoms with E-state index in [4.69, 9.17) is 33.7 Å². The number of nitrogens with zero attached hydrogens (tertiary/aromatic N) is 2. The number of hydrogen-bond donors (Lipinski definition) is 4. The van der Waals surface area contributed by atoms with E-state index in [1.54, 1.807) is 41.9 Å². The van der Waals surface area contributed by atoms with E-state index in [1.165, 1.54) is 4.90 Å². The van der Waals surface area contributed by atoms with Crippen molar-refractivity contribution in [2.45, 2.75) is 37.5 Å². The van der Waals surface area contributed by atoms with Crippen LogP contribution >= 0.6 is 23.2 Å². The minimum Gasteiger partial charge on any atom is -0.489 e. The van der Waals surface area contributed by atoms with Gasteiger partial charge in [-0.2, -0.15) is 0 Å². The quantitative estimate of drug-likeness (QED) is 0.256. The molecule has 2 aromatic rings. The van der Waals surface area contributed by atoms with Crippen LogP contribution in [-0.2, 0) is 21.7 Å². The van der Waals surface area contributed by atoms with E-state index in [0.29, 0.717) is 24.3 Å². The highest BCUT2D eigenvalue weighted by Crippen LogP contribution is 2.35. The Balaban J connectivity index is 1.47. The summed E-state index contributed by atoms with van der Waals surface area (Å²) in [7, 11) is 0. The van der Waals surface area contributed by atoms with Crippen LogP contribution in [0.4, 0.5) is 0 Å². The lowest BCUT2D eigenvalue weighted by atomic mass is 9.87. The van der Waals surface area contributed by atoms with Crippen LogP contribution < -0.4 is 21.3 Å². The Morgan fingerprint density at radius 1 is 1.26 bits per heavy atom. The standard InChI is InChI=1S/C23H27Cl2N5O4/c24-18-11-14(12-19(25)28-18)13-34-17-3-1-16(2-4-17)23(26)7-10-30(22(23)32)20(21(31)29-33)15-5-8-27-9-6-15/h1-4,11-12,15,20,27,33H,5-10,13,26H2,(H,29,31). The minimum atomic E-state index is -1.26. The van der Waals surface area contributed by atoms with Crippen LogP contribution in [-0.4, -0.2) is 52.6 Å². The molecule has 2 fully saturated rings. The van der Waals surface area contributed by atoms with Gasteiger partial charge >= 0.3 is 0 Å². The number of pyridine rings is 1. The number of amides is 2. The van der Waals surface area contributed by atoms with Gasteiger partial charge in [-0.25, -0.2) is 10.5 Å². The van der Waals surface area contributed by atoms with Gasteiger partial charge in [0, 0.05) is 6.54 Å². The van der Waals surface area contributed by atoms with E-state index in [2.05, 4.69) is 10.3 Å². The van der Waals surface area contributed by atoms with Crippen LogP contribution in [0.5, 0.6) is 5.75 Å². The van der Waals surface area contributed by atoms with Crippen molar-refractivity contribution in [1.29, 1.82) is 0 Å². The molecular weight excluding hydrogens is 481 g/mol. The summed E-state index contributed by atoms with van der Waals surface area (Å²) in [4.78, 5) is 31.4. The Kier molecular flexibility index (Phi) is 7.59. The van der Waals surface area contributed by atoms with Gasteiger partial charge < -0.3 is 20.7 Å². The maximum atomic E-state index is 13.5. The van der Waals surface area contributed by atoms with Crippen molar-refractivity contribution >= 4 is 35.0 Å². The van der Waals surface area contributed by atoms with Crippen molar-refractivity contribution < 1.29 is 19.5 Å². The van der Waals surface area contributed by atoms with Gasteiger partial charge in [-0.15, -0.1) is 0 Å². The fourth-order valence-corrected chi connectivity index (χ4v) is 5.25. The van der Waals surface area contributed by atoms with Crippen LogP contribution in [0.3, 0.4) is 0 Å². The molecule has 0 spiro atoms. The third-order valence-corrected chi connectivity index (χ3v) is 6.92. The molecule has 0 bridgehead atoms. The summed E-state index contributed by atoms with van der Waals surface area (Å²) >= 11 is 11.8. The summed E-state index contributed by atoms with van der Waals surface area (Å²) in [5.74, 6) is -0.365. The second kappa shape index (κ2) is 10.5. The highest BCUT2D eigenvalue weighted by Gasteiger charge is 2.50. The number of carbonyl (C=O) groups is 2. The van der Waals surface area contributed by atoms with Gasteiger partial charge in [0.15, 0.2) is 0 Å². The van der Waals surface area contributed by atoms with Crippen molar-refractivity contribution in [1.82, 2.24) is 20.7 Å². The Morgan fingerprint density at radius 3 is 2.53 bits per heavy atom. The van der Waals surface area contributed by atoms with Crippen molar-refractivity contribution in [3.05, 3.63) is 57.8 Å². The number of piperidine rings is 1. The average Bonchev–Trinajstić information content (AvgIpc) is 3.13. The fraction of sp³-hybridized carbons (Fsp3) is 0.435. The molecule has 0 saturated carbocycles. The molecule has 34 heavy (non-hydrogen) atoms. The summed E-state index contributed by atoms with van der Waals surface area (Å²) in [6, 6.07) is 9.59. The third-order valence-electron chi connectivity index (χ3n) is 6.53. The second-order valence-corrected chi connectivity index (χ2v) is 9.44. The van der Waals surface area contributed by atoms with Crippen molar-refractivity contribution in [3.8, 4) is 5.75 Å². The first-order valence-corrected chi connectivity index (χ1v) is 11.9. The molecule has 9 nitrogen and oxygen atoms in total. The van der Waals surface area contributed by atoms with E-state index in [-0.39, 0.29) is 28.7 Å². The lowest BCUT2D eigenvalue weighted by molar-refractivity contribution is -0.146. The first kappa shape index (κ1) is 24.7. The topological polar surface area (TPSA) is 130 Å². The molecular formula is C23H27Cl2N5O4. The summed E-state index contributed by atoms with van der Waals surface area (Å²) in [5, 5.41) is 13.1. The van der Waals surface area contributed by atoms with Crippen LogP contribution in [0, 0.1) is 5.92 Å². The molecule has 11 heteroatoms. The first-order valence-electron chi connectivity index (χ1n) is 11.1. The molecule has 1 aromatic carbocycles. The predicted octanol–water partition coefficient (Wildman–Crippen LogP) is 2.23. The molecule has 2 atom stereocenters. The van der Waals surface area contributed by atoms with Gasteiger partial charge in [0.2, 0.25) is 5.91 Å². The molecule has 182 valence electrons. The molecule has 5 N–H and O–H groups in total. The molecule has 2 unspecified atom stereocenters. The van der Waals surface area contributed by atoms with Crippen LogP contribution in [0.1, 0.15) is 30.4 Å². The first-order chi connectivity index (χ1) is 16.3. The highest BCUT2D eigenvalue weighted by atomic mass is 35.5. The number of hydroxylamine groups is 1. The maximum Gasteiger partial charge on any atom is 0.266 e. The Morgan fingerprint density at radius 2 is 1.91 bits per heavy atom. The zero-order chi connectivity index (χ0) is 24.3. The molecule has 2 amide bonds. The predicted molar refractivity (Wildman–Crippen MR) is 127 cm³/mol. The van der Waals surface area contributed by atoms with Gasteiger partial charge in [-0.3, -0.25) is 14.8 Å². The number of carbonyl (C=O) groups excluding carboxylic acids is 2. The lowest BCUT2D eigenvalue weighted by Gasteiger charge is -2.36. The third kappa shape index (κ3) is 5.13. The van der Waals surface area contributed by atoms with Gasteiger partial charge in [-0.1, -0.05) is 35.3 Å². The SMILES string of the molecule is NC1(c2ccc(OCc3cc(Cl)nc(Cl)c3)cc2)CCN(C(C(=O)NO)C2CCNCC2)C1=O. The van der Waals surface area contributed by atoms with Crippen LogP contribution in [0.2, 0.25) is 10.3 Å². The molecule has 2 saturated heterocycles. The molecule has 0 aliphatic carbocycles. The van der Waals surface area contributed by atoms with Crippen LogP contribution in [0.25, 0.3) is 0 Å². The fourth-order valence-electron chi connectivity index (χ4n) is 4.74. The number of nitrogens with one attached hydrogen (secondary N) is 2. The summed E-state index contributed by atoms with van der Waals surface area (Å²) in [5.41, 5.74) is 8.49. The van der Waals surface area contributed by atoms with Crippen molar-refractivity contribution in [3.63, 3.8) is 0 Å². The molecule has 2 aliphatic rings. The zero-order valence-corrected chi connectivity index (χ0v) is 20.0. The van der Waals surface area contributed by atoms with Crippen molar-refractivity contribution in [2.75, 3.05) is 19.6 Å². The summed E-state index contributed by atoms with van der Waals surface area (Å²) in [6.45, 7) is 2.10. The largest absolute Gasteiger partial charge is 0.489 e. The van der Waals surface area contributed by atoms with E-state index in [0.717, 1.165) is 31.5 Å². The summed E-state index contributed by atoms with van der Waals surface area (Å²) < 4.78 is 5.80. The number of likely N-dealkylation sites (tertiary alicyclic amines) is 1. The normalized spacial score (nSPS) is 22.0. The number of ether oxygens (including phenoxy) is 1. The second-order valence-electron chi connectivity index (χ2n) is 8.66. The van der Waals surface area contributed by atoms with Crippen LogP contribution in [0.15, 0.2) is 36.4 Å². The van der Waals surface area contributed by atoms with E-state index < -0.39 is 17.5 Å². The average molecular weight is 508 g/mol. The highest BCUT2D eigenvalue weighted by molar-refractivity contribution is 6.32. The van der Waals surface area contributed by atoms with Gasteiger partial charge in [0.25, 0.3) is 5.91 Å². The van der Waals surface area contributed by atoms with E-state index in [1.807, 2.05) is 0 Å². The molecule has 1 aromatic heterocycles. The Hall–Kier alpha value is -2.43. The van der Waals surface area contributed by atoms with Crippen molar-refractivity contribution in [2.24, 2.45) is 11.7 Å². The zero-order valence-electron chi connectivity index (χ0n) is 18.5. The minimum absolute atomic E-state index is 0.0503. The lowest BCUT2D eigenvalue weighted by Crippen LogP contribution is -2.56. The number of hydrogen-bond acceptors (Lipinski definition) is 7. The Bertz CT molecular complexity index is 1030. The molecule has 0 radical (unpaired) electrons. The van der Waals surface area contributed by atoms with Gasteiger partial charge in [0.05, 0.1) is 0 Å². The number of aromatic nitrogens is 1. The smallest absolute Gasteiger partial charge is 0.266 e. The Labute approximate surface area is 207 Å². The maximum absolute atomic E-state index is 13.5. The number of benzene rings is 1. The number of halogens is 2. The monoisotopic (exact) mass is 507 g/mol. The molecule has 4 rings (SSSR count). The number of nitrogens with two attached hydrogens (primary N) is 1. The summed E-state index contributed by atoms with van der Waals surface area (Å²) in [6.07, 6.45) is 1.83. The molecule has 3 heterocycles.